The Morgan fingerprint density at radius 2 is 1.92 bits per heavy atom. The first-order valence-electron chi connectivity index (χ1n) is 5.35. The van der Waals surface area contributed by atoms with E-state index in [4.69, 9.17) is 4.52 Å². The Hall–Kier alpha value is 0.0600. The summed E-state index contributed by atoms with van der Waals surface area (Å²) in [5, 5.41) is 0. The van der Waals surface area contributed by atoms with Crippen LogP contribution in [0.15, 0.2) is 0 Å². The number of hydrogen-bond donors (Lipinski definition) is 0. The van der Waals surface area contributed by atoms with E-state index in [1.54, 1.807) is 0 Å². The van der Waals surface area contributed by atoms with Gasteiger partial charge in [-0.3, -0.25) is 0 Å². The average molecular weight is 205 g/mol. The molecule has 13 heavy (non-hydrogen) atoms. The van der Waals surface area contributed by atoms with E-state index in [9.17, 15) is 4.57 Å². The topological polar surface area (TPSA) is 26.3 Å². The van der Waals surface area contributed by atoms with Crippen LogP contribution in [0.3, 0.4) is 0 Å². The Balaban J connectivity index is 3.64. The minimum atomic E-state index is -1.41. The van der Waals surface area contributed by atoms with Crippen molar-refractivity contribution in [3.05, 3.63) is 0 Å². The van der Waals surface area contributed by atoms with Crippen molar-refractivity contribution in [2.24, 2.45) is 0 Å². The van der Waals surface area contributed by atoms with E-state index in [1.807, 2.05) is 0 Å². The first kappa shape index (κ1) is 13.1. The highest BCUT2D eigenvalue weighted by Crippen LogP contribution is 2.34. The van der Waals surface area contributed by atoms with E-state index in [1.165, 1.54) is 0 Å². The highest BCUT2D eigenvalue weighted by Gasteiger charge is 2.29. The lowest BCUT2D eigenvalue weighted by molar-refractivity contribution is 0.313. The van der Waals surface area contributed by atoms with E-state index in [0.717, 1.165) is 32.1 Å². The summed E-state index contributed by atoms with van der Waals surface area (Å²) in [6.07, 6.45) is 5.21. The fraction of sp³-hybridized carbons (Fsp3) is 1.00. The van der Waals surface area contributed by atoms with Crippen LogP contribution in [-0.2, 0) is 9.09 Å². The van der Waals surface area contributed by atoms with Gasteiger partial charge in [-0.2, -0.15) is 0 Å². The summed E-state index contributed by atoms with van der Waals surface area (Å²) in [7, 11) is -1.41. The molecule has 0 N–H and O–H groups in total. The summed E-state index contributed by atoms with van der Waals surface area (Å²) in [4.78, 5) is 0. The second-order valence-electron chi connectivity index (χ2n) is 3.32. The molecule has 0 rings (SSSR count). The molecule has 2 nitrogen and oxygen atoms in total. The summed E-state index contributed by atoms with van der Waals surface area (Å²) in [5.74, 6) is 0. The predicted octanol–water partition coefficient (Wildman–Crippen LogP) is 4.12. The predicted molar refractivity (Wildman–Crippen MR) is 57.5 cm³/mol. The zero-order valence-electron chi connectivity index (χ0n) is 9.08. The van der Waals surface area contributed by atoms with Crippen LogP contribution in [0.4, 0.5) is 0 Å². The molecule has 0 aliphatic carbocycles. The third-order valence-electron chi connectivity index (χ3n) is 2.11. The molecular formula is C10H22O2P+. The summed E-state index contributed by atoms with van der Waals surface area (Å²) >= 11 is 0. The van der Waals surface area contributed by atoms with E-state index in [0.29, 0.717) is 6.61 Å². The van der Waals surface area contributed by atoms with Crippen LogP contribution in [-0.4, -0.2) is 12.3 Å². The van der Waals surface area contributed by atoms with Gasteiger partial charge >= 0.3 is 8.03 Å². The van der Waals surface area contributed by atoms with Crippen LogP contribution in [0.2, 0.25) is 0 Å². The van der Waals surface area contributed by atoms with Gasteiger partial charge in [0, 0.05) is 0 Å². The SMILES string of the molecule is CCCCO[P+](=O)C(CC)CCC. The summed E-state index contributed by atoms with van der Waals surface area (Å²) in [6.45, 7) is 6.97. The molecular weight excluding hydrogens is 183 g/mol. The fourth-order valence-corrected chi connectivity index (χ4v) is 2.48. The monoisotopic (exact) mass is 205 g/mol. The summed E-state index contributed by atoms with van der Waals surface area (Å²) < 4.78 is 16.9. The largest absolute Gasteiger partial charge is 0.511 e. The zero-order chi connectivity index (χ0) is 10.1. The number of hydrogen-bond acceptors (Lipinski definition) is 2. The molecule has 0 aliphatic heterocycles. The van der Waals surface area contributed by atoms with Gasteiger partial charge in [0.25, 0.3) is 0 Å². The first-order valence-corrected chi connectivity index (χ1v) is 6.60. The standard InChI is InChI=1S/C10H22O2P/c1-4-7-9-12-13(11)10(6-3)8-5-2/h10H,4-9H2,1-3H3/q+1. The van der Waals surface area contributed by atoms with Crippen LogP contribution in [0.1, 0.15) is 52.9 Å². The molecule has 0 saturated heterocycles. The van der Waals surface area contributed by atoms with Gasteiger partial charge in [0.15, 0.2) is 5.66 Å². The van der Waals surface area contributed by atoms with Crippen molar-refractivity contribution >= 4 is 8.03 Å². The molecule has 0 amide bonds. The lowest BCUT2D eigenvalue weighted by Crippen LogP contribution is -2.02. The van der Waals surface area contributed by atoms with E-state index in [2.05, 4.69) is 20.8 Å². The van der Waals surface area contributed by atoms with E-state index in [-0.39, 0.29) is 5.66 Å². The van der Waals surface area contributed by atoms with Crippen LogP contribution in [0, 0.1) is 0 Å². The Morgan fingerprint density at radius 1 is 1.23 bits per heavy atom. The molecule has 0 heterocycles. The van der Waals surface area contributed by atoms with Crippen LogP contribution < -0.4 is 0 Å². The zero-order valence-corrected chi connectivity index (χ0v) is 9.98. The van der Waals surface area contributed by atoms with Gasteiger partial charge in [-0.15, -0.1) is 4.52 Å². The molecule has 0 aliphatic rings. The Bertz CT molecular complexity index is 137. The van der Waals surface area contributed by atoms with Crippen LogP contribution >= 0.6 is 8.03 Å². The van der Waals surface area contributed by atoms with Crippen molar-refractivity contribution in [2.75, 3.05) is 6.61 Å². The second-order valence-corrected chi connectivity index (χ2v) is 4.88. The normalized spacial score (nSPS) is 14.2. The lowest BCUT2D eigenvalue weighted by atomic mass is 10.2. The van der Waals surface area contributed by atoms with Gasteiger partial charge in [-0.1, -0.05) is 33.6 Å². The first-order chi connectivity index (χ1) is 6.26. The Morgan fingerprint density at radius 3 is 2.38 bits per heavy atom. The van der Waals surface area contributed by atoms with Gasteiger partial charge in [0.05, 0.1) is 0 Å². The Labute approximate surface area is 82.9 Å². The molecule has 0 fully saturated rings. The van der Waals surface area contributed by atoms with Gasteiger partial charge in [0.1, 0.15) is 6.61 Å². The second kappa shape index (κ2) is 8.65. The van der Waals surface area contributed by atoms with Crippen molar-refractivity contribution in [2.45, 2.75) is 58.5 Å². The van der Waals surface area contributed by atoms with Gasteiger partial charge < -0.3 is 0 Å². The molecule has 0 aromatic heterocycles. The lowest BCUT2D eigenvalue weighted by Gasteiger charge is -2.00. The fourth-order valence-electron chi connectivity index (χ4n) is 1.20. The molecule has 0 spiro atoms. The summed E-state index contributed by atoms with van der Waals surface area (Å²) in [6, 6.07) is 0. The van der Waals surface area contributed by atoms with Crippen molar-refractivity contribution < 1.29 is 9.09 Å². The maximum Gasteiger partial charge on any atom is 0.511 e. The van der Waals surface area contributed by atoms with Gasteiger partial charge in [-0.25, -0.2) is 0 Å². The van der Waals surface area contributed by atoms with E-state index >= 15 is 0 Å². The minimum Gasteiger partial charge on any atom is -0.146 e. The van der Waals surface area contributed by atoms with Gasteiger partial charge in [-0.05, 0) is 23.8 Å². The highest BCUT2D eigenvalue weighted by molar-refractivity contribution is 7.40. The van der Waals surface area contributed by atoms with Crippen molar-refractivity contribution in [1.82, 2.24) is 0 Å². The molecule has 2 atom stereocenters. The molecule has 0 radical (unpaired) electrons. The van der Waals surface area contributed by atoms with Gasteiger partial charge in [0.2, 0.25) is 0 Å². The van der Waals surface area contributed by atoms with Crippen LogP contribution in [0.25, 0.3) is 0 Å². The number of rotatable bonds is 8. The molecule has 78 valence electrons. The minimum absolute atomic E-state index is 0.275. The molecule has 0 bridgehead atoms. The number of unbranched alkanes of at least 4 members (excludes halogenated alkanes) is 1. The third-order valence-corrected chi connectivity index (χ3v) is 3.76. The molecule has 0 saturated carbocycles. The molecule has 0 aromatic rings. The molecule has 2 unspecified atom stereocenters. The third kappa shape index (κ3) is 6.17. The Kier molecular flexibility index (Phi) is 8.69. The summed E-state index contributed by atoms with van der Waals surface area (Å²) in [5.41, 5.74) is 0.275. The van der Waals surface area contributed by atoms with Crippen LogP contribution in [0.5, 0.6) is 0 Å². The van der Waals surface area contributed by atoms with Crippen molar-refractivity contribution in [3.8, 4) is 0 Å². The van der Waals surface area contributed by atoms with E-state index < -0.39 is 8.03 Å². The van der Waals surface area contributed by atoms with Crippen molar-refractivity contribution in [1.29, 1.82) is 0 Å². The maximum absolute atomic E-state index is 11.6. The maximum atomic E-state index is 11.6. The molecule has 0 aromatic carbocycles. The van der Waals surface area contributed by atoms with Crippen molar-refractivity contribution in [3.63, 3.8) is 0 Å². The highest BCUT2D eigenvalue weighted by atomic mass is 31.1. The smallest absolute Gasteiger partial charge is 0.146 e. The molecule has 3 heteroatoms. The quantitative estimate of drug-likeness (QED) is 0.440. The average Bonchev–Trinajstić information content (AvgIpc) is 2.14.